The lowest BCUT2D eigenvalue weighted by atomic mass is 10.1. The third-order valence-corrected chi connectivity index (χ3v) is 3.57. The molecule has 5 nitrogen and oxygen atoms in total. The third-order valence-electron chi connectivity index (χ3n) is 3.06. The summed E-state index contributed by atoms with van der Waals surface area (Å²) in [5.41, 5.74) is 4.85. The van der Waals surface area contributed by atoms with Crippen molar-refractivity contribution in [2.75, 3.05) is 11.9 Å². The minimum absolute atomic E-state index is 0.0624. The van der Waals surface area contributed by atoms with E-state index in [9.17, 15) is 13.2 Å². The van der Waals surface area contributed by atoms with Gasteiger partial charge >= 0.3 is 6.18 Å². The van der Waals surface area contributed by atoms with Gasteiger partial charge < -0.3 is 11.1 Å². The number of hydrogen-bond donors (Lipinski definition) is 2. The topological polar surface area (TPSA) is 76.7 Å². The molecule has 0 fully saturated rings. The highest BCUT2D eigenvalue weighted by atomic mass is 35.6. The molecule has 2 rings (SSSR count). The van der Waals surface area contributed by atoms with Gasteiger partial charge in [0.1, 0.15) is 0 Å². The van der Waals surface area contributed by atoms with E-state index in [4.69, 9.17) is 40.5 Å². The van der Waals surface area contributed by atoms with Gasteiger partial charge in [0.15, 0.2) is 11.6 Å². The summed E-state index contributed by atoms with van der Waals surface area (Å²) in [6.07, 6.45) is -4.44. The van der Waals surface area contributed by atoms with E-state index >= 15 is 0 Å². The second kappa shape index (κ2) is 7.34. The molecule has 1 heterocycles. The van der Waals surface area contributed by atoms with E-state index in [0.717, 1.165) is 12.1 Å². The number of benzene rings is 1. The number of halogens is 6. The Hall–Kier alpha value is -1.35. The van der Waals surface area contributed by atoms with Gasteiger partial charge in [-0.25, -0.2) is 4.98 Å². The van der Waals surface area contributed by atoms with Crippen LogP contribution in [0.25, 0.3) is 11.4 Å². The summed E-state index contributed by atoms with van der Waals surface area (Å²) in [5.74, 6) is -0.00755. The van der Waals surface area contributed by atoms with Crippen LogP contribution in [0.1, 0.15) is 25.2 Å². The Morgan fingerprint density at radius 2 is 1.58 bits per heavy atom. The van der Waals surface area contributed by atoms with Gasteiger partial charge in [-0.05, 0) is 26.0 Å². The van der Waals surface area contributed by atoms with E-state index in [1.807, 2.05) is 0 Å². The first-order chi connectivity index (χ1) is 11.8. The smallest absolute Gasteiger partial charge is 0.352 e. The molecule has 3 N–H and O–H groups in total. The SMILES string of the molecule is CC(C)(N)CNc1nc(-c2ccc(C(F)(F)F)cc2)nc(C(Cl)(Cl)Cl)n1. The Morgan fingerprint density at radius 1 is 1.00 bits per heavy atom. The van der Waals surface area contributed by atoms with Gasteiger partial charge in [0.05, 0.1) is 5.56 Å². The first kappa shape index (κ1) is 21.0. The van der Waals surface area contributed by atoms with E-state index in [1.54, 1.807) is 13.8 Å². The fourth-order valence-corrected chi connectivity index (χ4v) is 2.08. The molecule has 0 amide bonds. The lowest BCUT2D eigenvalue weighted by Gasteiger charge is -2.20. The van der Waals surface area contributed by atoms with E-state index in [-0.39, 0.29) is 17.6 Å². The molecule has 142 valence electrons. The number of nitrogens with two attached hydrogens (primary N) is 1. The molecule has 0 spiro atoms. The Morgan fingerprint density at radius 3 is 2.04 bits per heavy atom. The number of rotatable bonds is 4. The second-order valence-electron chi connectivity index (χ2n) is 6.22. The summed E-state index contributed by atoms with van der Waals surface area (Å²) < 4.78 is 36.2. The zero-order valence-corrected chi connectivity index (χ0v) is 16.0. The largest absolute Gasteiger partial charge is 0.416 e. The van der Waals surface area contributed by atoms with Gasteiger partial charge in [0.2, 0.25) is 9.74 Å². The fourth-order valence-electron chi connectivity index (χ4n) is 1.83. The summed E-state index contributed by atoms with van der Waals surface area (Å²) >= 11 is 17.5. The zero-order chi connectivity index (χ0) is 19.8. The number of alkyl halides is 6. The minimum atomic E-state index is -4.44. The number of hydrogen-bond acceptors (Lipinski definition) is 5. The van der Waals surface area contributed by atoms with Crippen molar-refractivity contribution in [1.29, 1.82) is 0 Å². The molecule has 0 bridgehead atoms. The molecule has 0 aliphatic heterocycles. The highest BCUT2D eigenvalue weighted by Gasteiger charge is 2.31. The standard InChI is InChI=1S/C15H15Cl3F3N5/c1-13(2,22)7-23-12-25-10(24-11(26-12)14(16,17)18)8-3-5-9(6-4-8)15(19,20)21/h3-6H,7,22H2,1-2H3,(H,23,24,25,26). The van der Waals surface area contributed by atoms with Crippen molar-refractivity contribution >= 4 is 40.8 Å². The monoisotopic (exact) mass is 427 g/mol. The predicted octanol–water partition coefficient (Wildman–Crippen LogP) is 4.53. The Balaban J connectivity index is 2.43. The van der Waals surface area contributed by atoms with Crippen LogP contribution in [0.15, 0.2) is 24.3 Å². The van der Waals surface area contributed by atoms with E-state index < -0.39 is 21.1 Å². The van der Waals surface area contributed by atoms with Gasteiger partial charge in [0, 0.05) is 17.6 Å². The number of nitrogens with zero attached hydrogens (tertiary/aromatic N) is 3. The van der Waals surface area contributed by atoms with Crippen molar-refractivity contribution in [3.8, 4) is 11.4 Å². The highest BCUT2D eigenvalue weighted by Crippen LogP contribution is 2.37. The van der Waals surface area contributed by atoms with Crippen LogP contribution in [0.3, 0.4) is 0 Å². The van der Waals surface area contributed by atoms with Gasteiger partial charge in [0.25, 0.3) is 0 Å². The van der Waals surface area contributed by atoms with Gasteiger partial charge in [-0.2, -0.15) is 23.1 Å². The maximum Gasteiger partial charge on any atom is 0.416 e. The van der Waals surface area contributed by atoms with Crippen LogP contribution in [-0.4, -0.2) is 27.0 Å². The van der Waals surface area contributed by atoms with Crippen LogP contribution in [-0.2, 0) is 9.97 Å². The lowest BCUT2D eigenvalue weighted by Crippen LogP contribution is -2.40. The van der Waals surface area contributed by atoms with Crippen molar-refractivity contribution in [1.82, 2.24) is 15.0 Å². The summed E-state index contributed by atoms with van der Waals surface area (Å²) in [5, 5.41) is 2.90. The van der Waals surface area contributed by atoms with E-state index in [0.29, 0.717) is 12.1 Å². The molecule has 0 saturated carbocycles. The minimum Gasteiger partial charge on any atom is -0.352 e. The van der Waals surface area contributed by atoms with Gasteiger partial charge in [-0.15, -0.1) is 0 Å². The molecule has 0 aliphatic carbocycles. The molecule has 26 heavy (non-hydrogen) atoms. The molecule has 1 aromatic carbocycles. The van der Waals surface area contributed by atoms with Crippen molar-refractivity contribution < 1.29 is 13.2 Å². The summed E-state index contributed by atoms with van der Waals surface area (Å²) in [6.45, 7) is 3.88. The second-order valence-corrected chi connectivity index (χ2v) is 8.50. The van der Waals surface area contributed by atoms with Crippen LogP contribution >= 0.6 is 34.8 Å². The summed E-state index contributed by atoms with van der Waals surface area (Å²) in [6, 6.07) is 4.31. The zero-order valence-electron chi connectivity index (χ0n) is 13.7. The fraction of sp³-hybridized carbons (Fsp3) is 0.400. The third kappa shape index (κ3) is 5.84. The molecule has 0 radical (unpaired) electrons. The normalized spacial score (nSPS) is 13.0. The summed E-state index contributed by atoms with van der Waals surface area (Å²) in [4.78, 5) is 12.2. The molecule has 1 aromatic heterocycles. The molecule has 0 saturated heterocycles. The average molecular weight is 429 g/mol. The quantitative estimate of drug-likeness (QED) is 0.700. The number of anilines is 1. The van der Waals surface area contributed by atoms with Crippen molar-refractivity contribution in [3.05, 3.63) is 35.7 Å². The Bertz CT molecular complexity index is 768. The van der Waals surface area contributed by atoms with Crippen molar-refractivity contribution in [2.24, 2.45) is 5.73 Å². The molecule has 0 atom stereocenters. The van der Waals surface area contributed by atoms with Crippen molar-refractivity contribution in [3.63, 3.8) is 0 Å². The van der Waals surface area contributed by atoms with Crippen LogP contribution in [0.4, 0.5) is 19.1 Å². The maximum absolute atomic E-state index is 12.7. The first-order valence-corrected chi connectivity index (χ1v) is 8.43. The molecule has 0 aliphatic rings. The average Bonchev–Trinajstić information content (AvgIpc) is 2.50. The first-order valence-electron chi connectivity index (χ1n) is 7.29. The number of aromatic nitrogens is 3. The predicted molar refractivity (Wildman–Crippen MR) is 96.3 cm³/mol. The lowest BCUT2D eigenvalue weighted by molar-refractivity contribution is -0.137. The highest BCUT2D eigenvalue weighted by molar-refractivity contribution is 6.66. The molecule has 0 unspecified atom stereocenters. The molecular formula is C15H15Cl3F3N5. The van der Waals surface area contributed by atoms with Crippen LogP contribution in [0, 0.1) is 0 Å². The van der Waals surface area contributed by atoms with Crippen LogP contribution < -0.4 is 11.1 Å². The summed E-state index contributed by atoms with van der Waals surface area (Å²) in [7, 11) is 0. The molecule has 2 aromatic rings. The van der Waals surface area contributed by atoms with Gasteiger partial charge in [-0.1, -0.05) is 46.9 Å². The Kier molecular flexibility index (Phi) is 5.92. The Labute approximate surface area is 163 Å². The molecule has 11 heteroatoms. The van der Waals surface area contributed by atoms with Gasteiger partial charge in [-0.3, -0.25) is 0 Å². The molecular weight excluding hydrogens is 414 g/mol. The number of nitrogens with one attached hydrogen (secondary N) is 1. The van der Waals surface area contributed by atoms with Crippen LogP contribution in [0.5, 0.6) is 0 Å². The van der Waals surface area contributed by atoms with E-state index in [1.165, 1.54) is 12.1 Å². The van der Waals surface area contributed by atoms with Crippen LogP contribution in [0.2, 0.25) is 0 Å². The maximum atomic E-state index is 12.7. The van der Waals surface area contributed by atoms with E-state index in [2.05, 4.69) is 20.3 Å². The van der Waals surface area contributed by atoms with Crippen molar-refractivity contribution in [2.45, 2.75) is 29.4 Å².